The molecule has 0 unspecified atom stereocenters. The summed E-state index contributed by atoms with van der Waals surface area (Å²) in [6.07, 6.45) is 1.54. The molecular formula is C30H27FIN3O6S. The van der Waals surface area contributed by atoms with Gasteiger partial charge in [-0.1, -0.05) is 6.07 Å². The molecule has 1 fully saturated rings. The predicted octanol–water partition coefficient (Wildman–Crippen LogP) is 6.14. The van der Waals surface area contributed by atoms with E-state index >= 15 is 0 Å². The molecular weight excluding hydrogens is 676 g/mol. The molecule has 218 valence electrons. The van der Waals surface area contributed by atoms with Gasteiger partial charge in [-0.25, -0.2) is 4.39 Å². The third kappa shape index (κ3) is 7.88. The maximum absolute atomic E-state index is 13.1. The number of nitrogens with one attached hydrogen (secondary N) is 2. The molecule has 2 N–H and O–H groups in total. The van der Waals surface area contributed by atoms with Crippen molar-refractivity contribution < 1.29 is 33.0 Å². The number of benzene rings is 3. The Bertz CT molecular complexity index is 1580. The smallest absolute Gasteiger partial charge is 0.294 e. The molecule has 0 bridgehead atoms. The highest BCUT2D eigenvalue weighted by atomic mass is 127. The number of ether oxygens (including phenoxy) is 2. The van der Waals surface area contributed by atoms with Crippen molar-refractivity contribution in [3.63, 3.8) is 0 Å². The van der Waals surface area contributed by atoms with Gasteiger partial charge in [0.15, 0.2) is 18.1 Å². The molecule has 12 heteroatoms. The van der Waals surface area contributed by atoms with Gasteiger partial charge in [-0.15, -0.1) is 0 Å². The molecule has 4 amide bonds. The van der Waals surface area contributed by atoms with E-state index in [4.69, 9.17) is 9.47 Å². The summed E-state index contributed by atoms with van der Waals surface area (Å²) >= 11 is 2.77. The highest BCUT2D eigenvalue weighted by molar-refractivity contribution is 14.1. The van der Waals surface area contributed by atoms with E-state index < -0.39 is 35.3 Å². The number of carbonyl (C=O) groups is 4. The average Bonchev–Trinajstić information content (AvgIpc) is 3.19. The lowest BCUT2D eigenvalue weighted by Gasteiger charge is -2.15. The second-order valence-corrected chi connectivity index (χ2v) is 11.4. The first-order chi connectivity index (χ1) is 20.0. The fraction of sp³-hybridized carbons (Fsp3) is 0.200. The zero-order valence-electron chi connectivity index (χ0n) is 23.0. The van der Waals surface area contributed by atoms with E-state index in [0.29, 0.717) is 38.6 Å². The van der Waals surface area contributed by atoms with E-state index in [2.05, 4.69) is 10.6 Å². The minimum atomic E-state index is -0.578. The van der Waals surface area contributed by atoms with Gasteiger partial charge in [0.2, 0.25) is 5.91 Å². The van der Waals surface area contributed by atoms with Gasteiger partial charge in [0, 0.05) is 11.4 Å². The van der Waals surface area contributed by atoms with E-state index in [9.17, 15) is 23.6 Å². The van der Waals surface area contributed by atoms with Gasteiger partial charge in [0.1, 0.15) is 12.4 Å². The van der Waals surface area contributed by atoms with Crippen LogP contribution in [0.4, 0.5) is 20.6 Å². The zero-order chi connectivity index (χ0) is 30.4. The maximum Gasteiger partial charge on any atom is 0.294 e. The molecule has 0 spiro atoms. The van der Waals surface area contributed by atoms with Crippen LogP contribution >= 0.6 is 34.4 Å². The molecule has 1 aliphatic rings. The van der Waals surface area contributed by atoms with Crippen LogP contribution in [0.2, 0.25) is 0 Å². The van der Waals surface area contributed by atoms with E-state index in [-0.39, 0.29) is 11.5 Å². The first kappa shape index (κ1) is 31.0. The topological polar surface area (TPSA) is 114 Å². The third-order valence-electron chi connectivity index (χ3n) is 6.07. The monoisotopic (exact) mass is 703 g/mol. The van der Waals surface area contributed by atoms with Crippen LogP contribution in [0.5, 0.6) is 11.5 Å². The van der Waals surface area contributed by atoms with Crippen molar-refractivity contribution in [1.82, 2.24) is 4.90 Å². The van der Waals surface area contributed by atoms with E-state index in [1.807, 2.05) is 48.6 Å². The molecule has 0 saturated carbocycles. The van der Waals surface area contributed by atoms with Gasteiger partial charge in [0.25, 0.3) is 17.1 Å². The van der Waals surface area contributed by atoms with Crippen molar-refractivity contribution in [2.24, 2.45) is 0 Å². The summed E-state index contributed by atoms with van der Waals surface area (Å²) in [7, 11) is 0. The zero-order valence-corrected chi connectivity index (χ0v) is 25.9. The van der Waals surface area contributed by atoms with Crippen LogP contribution in [0.15, 0.2) is 59.5 Å². The summed E-state index contributed by atoms with van der Waals surface area (Å²) in [6.45, 7) is 5.25. The van der Waals surface area contributed by atoms with Crippen molar-refractivity contribution in [2.75, 3.05) is 30.4 Å². The summed E-state index contributed by atoms with van der Waals surface area (Å²) in [5, 5.41) is 4.80. The van der Waals surface area contributed by atoms with Gasteiger partial charge in [-0.05, 0) is 126 Å². The minimum Gasteiger partial charge on any atom is -0.490 e. The second-order valence-electron chi connectivity index (χ2n) is 9.22. The van der Waals surface area contributed by atoms with Gasteiger partial charge < -0.3 is 20.1 Å². The molecule has 1 heterocycles. The van der Waals surface area contributed by atoms with Crippen LogP contribution in [0.1, 0.15) is 23.6 Å². The van der Waals surface area contributed by atoms with E-state index in [0.717, 1.165) is 27.8 Å². The Kier molecular flexibility index (Phi) is 10.2. The van der Waals surface area contributed by atoms with Crippen LogP contribution in [0, 0.1) is 23.2 Å². The second kappa shape index (κ2) is 13.8. The number of nitrogens with zero attached hydrogens (tertiary/aromatic N) is 1. The molecule has 4 rings (SSSR count). The Morgan fingerprint density at radius 2 is 1.64 bits per heavy atom. The van der Waals surface area contributed by atoms with Crippen LogP contribution in [-0.2, 0) is 14.4 Å². The highest BCUT2D eigenvalue weighted by Gasteiger charge is 2.36. The van der Waals surface area contributed by atoms with Gasteiger partial charge >= 0.3 is 0 Å². The van der Waals surface area contributed by atoms with Gasteiger partial charge in [0.05, 0.1) is 15.1 Å². The Hall–Kier alpha value is -3.91. The van der Waals surface area contributed by atoms with Gasteiger partial charge in [-0.3, -0.25) is 24.1 Å². The molecule has 0 aliphatic carbocycles. The molecule has 9 nitrogen and oxygen atoms in total. The average molecular weight is 704 g/mol. The Balaban J connectivity index is 1.44. The van der Waals surface area contributed by atoms with Crippen molar-refractivity contribution in [2.45, 2.75) is 20.8 Å². The first-order valence-corrected chi connectivity index (χ1v) is 14.7. The number of thioether (sulfide) groups is 1. The Morgan fingerprint density at radius 1 is 0.952 bits per heavy atom. The molecule has 0 aromatic heterocycles. The number of aryl methyl sites for hydroxylation is 2. The number of anilines is 2. The molecule has 1 aliphatic heterocycles. The summed E-state index contributed by atoms with van der Waals surface area (Å²) in [4.78, 5) is 51.6. The summed E-state index contributed by atoms with van der Waals surface area (Å²) in [5.74, 6) is -1.24. The SMILES string of the molecule is CCOc1cc(/C=C2/SC(=O)N(CC(=O)Nc3ccc(C)c(C)c3)C2=O)cc(I)c1OCC(=O)Nc1ccc(F)cc1. The van der Waals surface area contributed by atoms with Crippen LogP contribution in [0.3, 0.4) is 0 Å². The number of hydrogen-bond acceptors (Lipinski definition) is 7. The van der Waals surface area contributed by atoms with Crippen molar-refractivity contribution in [3.05, 3.63) is 85.6 Å². The third-order valence-corrected chi connectivity index (χ3v) is 7.78. The number of imide groups is 1. The first-order valence-electron chi connectivity index (χ1n) is 12.8. The minimum absolute atomic E-state index is 0.157. The van der Waals surface area contributed by atoms with Crippen LogP contribution in [0.25, 0.3) is 6.08 Å². The molecule has 0 radical (unpaired) electrons. The largest absolute Gasteiger partial charge is 0.490 e. The van der Waals surface area contributed by atoms with Crippen LogP contribution in [-0.4, -0.2) is 47.6 Å². The lowest BCUT2D eigenvalue weighted by molar-refractivity contribution is -0.127. The van der Waals surface area contributed by atoms with Crippen molar-refractivity contribution in [1.29, 1.82) is 0 Å². The standard InChI is InChI=1S/C30H27FIN3O6S/c1-4-40-24-13-19(12-23(32)28(24)41-16-27(37)33-21-9-6-20(31)7-10-21)14-25-29(38)35(30(39)42-25)15-26(36)34-22-8-5-17(2)18(3)11-22/h5-14H,4,15-16H2,1-3H3,(H,33,37)(H,34,36)/b25-14+. The molecule has 3 aromatic rings. The maximum atomic E-state index is 13.1. The quantitative estimate of drug-likeness (QED) is 0.193. The fourth-order valence-corrected chi connectivity index (χ4v) is 5.51. The van der Waals surface area contributed by atoms with E-state index in [1.54, 1.807) is 31.2 Å². The Morgan fingerprint density at radius 3 is 2.33 bits per heavy atom. The number of rotatable bonds is 10. The molecule has 42 heavy (non-hydrogen) atoms. The summed E-state index contributed by atoms with van der Waals surface area (Å²) in [5.41, 5.74) is 3.66. The normalized spacial score (nSPS) is 13.8. The Labute approximate surface area is 260 Å². The van der Waals surface area contributed by atoms with Crippen molar-refractivity contribution >= 4 is 74.8 Å². The fourth-order valence-electron chi connectivity index (χ4n) is 3.89. The number of hydrogen-bond donors (Lipinski definition) is 2. The van der Waals surface area contributed by atoms with Crippen molar-refractivity contribution in [3.8, 4) is 11.5 Å². The number of carbonyl (C=O) groups excluding carboxylic acids is 4. The number of halogens is 2. The number of amides is 4. The highest BCUT2D eigenvalue weighted by Crippen LogP contribution is 2.37. The van der Waals surface area contributed by atoms with E-state index in [1.165, 1.54) is 24.3 Å². The lowest BCUT2D eigenvalue weighted by atomic mass is 10.1. The summed E-state index contributed by atoms with van der Waals surface area (Å²) < 4.78 is 25.2. The predicted molar refractivity (Wildman–Crippen MR) is 168 cm³/mol. The summed E-state index contributed by atoms with van der Waals surface area (Å²) in [6, 6.07) is 14.2. The molecule has 0 atom stereocenters. The molecule has 3 aromatic carbocycles. The molecule has 1 saturated heterocycles. The van der Waals surface area contributed by atoms with Gasteiger partial charge in [-0.2, -0.15) is 0 Å². The lowest BCUT2D eigenvalue weighted by Crippen LogP contribution is -2.36. The van der Waals surface area contributed by atoms with Crippen LogP contribution < -0.4 is 20.1 Å².